The van der Waals surface area contributed by atoms with E-state index in [9.17, 15) is 19.5 Å². The number of carboxylic acid groups (broad SMARTS) is 1. The van der Waals surface area contributed by atoms with Crippen molar-refractivity contribution in [2.75, 3.05) is 0 Å². The molecule has 28 heavy (non-hydrogen) atoms. The summed E-state index contributed by atoms with van der Waals surface area (Å²) >= 11 is 0. The highest BCUT2D eigenvalue weighted by Crippen LogP contribution is 2.26. The van der Waals surface area contributed by atoms with Crippen molar-refractivity contribution in [3.05, 3.63) is 39.9 Å². The third-order valence-corrected chi connectivity index (χ3v) is 5.08. The molecule has 3 rings (SSSR count). The summed E-state index contributed by atoms with van der Waals surface area (Å²) < 4.78 is 0. The van der Waals surface area contributed by atoms with Crippen molar-refractivity contribution in [3.63, 3.8) is 0 Å². The van der Waals surface area contributed by atoms with Crippen LogP contribution < -0.4 is 10.9 Å². The molecule has 4 N–H and O–H groups in total. The number of nitrogens with one attached hydrogen (secondary N) is 2. The first-order chi connectivity index (χ1) is 13.4. The van der Waals surface area contributed by atoms with Gasteiger partial charge in [-0.3, -0.25) is 14.6 Å². The lowest BCUT2D eigenvalue weighted by molar-refractivity contribution is 0.0696. The van der Waals surface area contributed by atoms with Gasteiger partial charge in [0, 0.05) is 12.2 Å². The van der Waals surface area contributed by atoms with Gasteiger partial charge in [0.2, 0.25) is 5.75 Å². The Morgan fingerprint density at radius 3 is 2.68 bits per heavy atom. The third-order valence-electron chi connectivity index (χ3n) is 5.08. The Morgan fingerprint density at radius 1 is 1.29 bits per heavy atom. The fourth-order valence-corrected chi connectivity index (χ4v) is 3.47. The van der Waals surface area contributed by atoms with Crippen LogP contribution in [0.15, 0.2) is 23.1 Å². The molecule has 2 heterocycles. The van der Waals surface area contributed by atoms with Gasteiger partial charge in [-0.1, -0.05) is 19.3 Å². The number of hydrogen-bond acceptors (Lipinski definition) is 6. The van der Waals surface area contributed by atoms with Crippen LogP contribution in [0, 0.1) is 5.92 Å². The minimum atomic E-state index is -1.16. The van der Waals surface area contributed by atoms with E-state index in [-0.39, 0.29) is 23.1 Å². The Kier molecular flexibility index (Phi) is 5.72. The maximum Gasteiger partial charge on any atom is 0.335 e. The molecule has 1 saturated carbocycles. The summed E-state index contributed by atoms with van der Waals surface area (Å²) in [4.78, 5) is 46.2. The Morgan fingerprint density at radius 2 is 2.00 bits per heavy atom. The quantitative estimate of drug-likeness (QED) is 0.614. The summed E-state index contributed by atoms with van der Waals surface area (Å²) in [6.45, 7) is 1.90. The molecule has 1 amide bonds. The summed E-state index contributed by atoms with van der Waals surface area (Å²) in [6.07, 6.45) is 6.74. The van der Waals surface area contributed by atoms with Crippen molar-refractivity contribution in [1.29, 1.82) is 0 Å². The van der Waals surface area contributed by atoms with Crippen LogP contribution in [0.1, 0.15) is 59.9 Å². The lowest BCUT2D eigenvalue weighted by Crippen LogP contribution is -2.39. The van der Waals surface area contributed by atoms with Gasteiger partial charge in [0.15, 0.2) is 11.5 Å². The number of aromatic nitrogens is 3. The summed E-state index contributed by atoms with van der Waals surface area (Å²) in [7, 11) is 0. The third kappa shape index (κ3) is 4.19. The molecule has 1 fully saturated rings. The average Bonchev–Trinajstić information content (AvgIpc) is 2.70. The molecule has 0 unspecified atom stereocenters. The summed E-state index contributed by atoms with van der Waals surface area (Å²) in [5, 5.41) is 21.9. The number of carbonyl (C=O) groups excluding carboxylic acids is 1. The first-order valence-corrected chi connectivity index (χ1v) is 9.20. The van der Waals surface area contributed by atoms with Crippen LogP contribution in [0.5, 0.6) is 5.75 Å². The van der Waals surface area contributed by atoms with Gasteiger partial charge < -0.3 is 20.5 Å². The van der Waals surface area contributed by atoms with E-state index >= 15 is 0 Å². The Labute approximate surface area is 160 Å². The van der Waals surface area contributed by atoms with Crippen LogP contribution in [0.4, 0.5) is 0 Å². The van der Waals surface area contributed by atoms with Gasteiger partial charge in [0.05, 0.1) is 5.56 Å². The highest BCUT2D eigenvalue weighted by Gasteiger charge is 2.25. The molecular formula is C19H22N4O5. The molecule has 0 saturated heterocycles. The van der Waals surface area contributed by atoms with Crippen LogP contribution in [-0.4, -0.2) is 43.1 Å². The maximum atomic E-state index is 12.6. The second-order valence-electron chi connectivity index (χ2n) is 7.01. The van der Waals surface area contributed by atoms with E-state index in [2.05, 4.69) is 20.3 Å². The Hall–Kier alpha value is -3.23. The number of amides is 1. The van der Waals surface area contributed by atoms with E-state index in [0.29, 0.717) is 5.92 Å². The molecule has 1 aliphatic rings. The van der Waals surface area contributed by atoms with Crippen LogP contribution in [0.25, 0.3) is 11.5 Å². The summed E-state index contributed by atoms with van der Waals surface area (Å²) in [5.74, 6) is -2.36. The van der Waals surface area contributed by atoms with Crippen molar-refractivity contribution in [1.82, 2.24) is 20.3 Å². The zero-order valence-electron chi connectivity index (χ0n) is 15.4. The first kappa shape index (κ1) is 19.5. The van der Waals surface area contributed by atoms with Gasteiger partial charge in [0.1, 0.15) is 5.69 Å². The van der Waals surface area contributed by atoms with Gasteiger partial charge in [-0.15, -0.1) is 0 Å². The van der Waals surface area contributed by atoms with E-state index in [1.807, 2.05) is 6.92 Å². The van der Waals surface area contributed by atoms with Crippen molar-refractivity contribution in [3.8, 4) is 17.3 Å². The molecule has 0 aromatic carbocycles. The van der Waals surface area contributed by atoms with E-state index < -0.39 is 28.9 Å². The molecule has 2 aromatic heterocycles. The topological polar surface area (TPSA) is 145 Å². The average molecular weight is 386 g/mol. The zero-order chi connectivity index (χ0) is 20.3. The van der Waals surface area contributed by atoms with Crippen LogP contribution >= 0.6 is 0 Å². The lowest BCUT2D eigenvalue weighted by Gasteiger charge is -2.28. The number of hydrogen-bond donors (Lipinski definition) is 4. The largest absolute Gasteiger partial charge is 0.501 e. The first-order valence-electron chi connectivity index (χ1n) is 9.20. The molecule has 9 nitrogen and oxygen atoms in total. The fraction of sp³-hybridized carbons (Fsp3) is 0.421. The molecule has 2 aromatic rings. The Bertz CT molecular complexity index is 950. The van der Waals surface area contributed by atoms with Crippen LogP contribution in [0.3, 0.4) is 0 Å². The fourth-order valence-electron chi connectivity index (χ4n) is 3.47. The number of pyridine rings is 1. The molecule has 148 valence electrons. The van der Waals surface area contributed by atoms with Gasteiger partial charge in [0.25, 0.3) is 11.5 Å². The number of aromatic hydroxyl groups is 1. The van der Waals surface area contributed by atoms with E-state index in [1.165, 1.54) is 24.8 Å². The van der Waals surface area contributed by atoms with Crippen molar-refractivity contribution in [2.24, 2.45) is 5.92 Å². The normalized spacial score (nSPS) is 15.8. The molecule has 0 radical (unpaired) electrons. The van der Waals surface area contributed by atoms with Crippen LogP contribution in [-0.2, 0) is 0 Å². The summed E-state index contributed by atoms with van der Waals surface area (Å²) in [6, 6.07) is 2.40. The van der Waals surface area contributed by atoms with Crippen LogP contribution in [0.2, 0.25) is 0 Å². The predicted molar refractivity (Wildman–Crippen MR) is 100 cm³/mol. The van der Waals surface area contributed by atoms with Gasteiger partial charge in [-0.25, -0.2) is 9.78 Å². The van der Waals surface area contributed by atoms with E-state index in [1.54, 1.807) is 0 Å². The van der Waals surface area contributed by atoms with E-state index in [0.717, 1.165) is 25.7 Å². The number of carbonyl (C=O) groups is 2. The highest BCUT2D eigenvalue weighted by atomic mass is 16.4. The minimum absolute atomic E-state index is 0.0438. The predicted octanol–water partition coefficient (Wildman–Crippen LogP) is 1.93. The second-order valence-corrected chi connectivity index (χ2v) is 7.01. The molecular weight excluding hydrogens is 364 g/mol. The van der Waals surface area contributed by atoms with Gasteiger partial charge in [-0.05, 0) is 37.8 Å². The molecule has 1 atom stereocenters. The maximum absolute atomic E-state index is 12.6. The molecule has 9 heteroatoms. The minimum Gasteiger partial charge on any atom is -0.501 e. The standard InChI is InChI=1S/C19H22N4O5/c1-10(11-5-3-2-4-6-11)21-17(25)14-15(24)18(26)23-16(22-14)13-9-12(19(27)28)7-8-20-13/h7-11,24H,2-6H2,1H3,(H,21,25)(H,27,28)(H,22,23,26)/t10-/m0/s1. The number of H-pyrrole nitrogens is 1. The van der Waals surface area contributed by atoms with Crippen molar-refractivity contribution in [2.45, 2.75) is 45.1 Å². The molecule has 0 spiro atoms. The lowest BCUT2D eigenvalue weighted by atomic mass is 9.84. The number of nitrogens with zero attached hydrogens (tertiary/aromatic N) is 2. The zero-order valence-corrected chi connectivity index (χ0v) is 15.4. The number of carboxylic acids is 1. The van der Waals surface area contributed by atoms with Crippen molar-refractivity contribution >= 4 is 11.9 Å². The van der Waals surface area contributed by atoms with E-state index in [4.69, 9.17) is 5.11 Å². The SMILES string of the molecule is C[C@H](NC(=O)c1nc(-c2cc(C(=O)O)ccn2)[nH]c(=O)c1O)C1CCCCC1. The number of aromatic carboxylic acids is 1. The smallest absolute Gasteiger partial charge is 0.335 e. The van der Waals surface area contributed by atoms with Crippen molar-refractivity contribution < 1.29 is 19.8 Å². The highest BCUT2D eigenvalue weighted by molar-refractivity contribution is 5.95. The molecule has 0 bridgehead atoms. The summed E-state index contributed by atoms with van der Waals surface area (Å²) in [5.41, 5.74) is -1.28. The monoisotopic (exact) mass is 386 g/mol. The second kappa shape index (κ2) is 8.20. The number of rotatable bonds is 5. The Balaban J connectivity index is 1.89. The molecule has 0 aliphatic heterocycles. The molecule has 1 aliphatic carbocycles. The number of aromatic amines is 1. The van der Waals surface area contributed by atoms with Gasteiger partial charge in [-0.2, -0.15) is 0 Å². The van der Waals surface area contributed by atoms with Gasteiger partial charge >= 0.3 is 5.97 Å².